The zero-order chi connectivity index (χ0) is 30.7. The molecule has 1 amide bonds. The van der Waals surface area contributed by atoms with Crippen LogP contribution in [0.25, 0.3) is 22.0 Å². The van der Waals surface area contributed by atoms with Crippen molar-refractivity contribution in [3.05, 3.63) is 77.2 Å². The molecule has 42 heavy (non-hydrogen) atoms. The normalized spacial score (nSPS) is 12.6. The number of nitrogens with zero attached hydrogens (tertiary/aromatic N) is 3. The standard InChI is InChI=1S/C32H37ClN4O5/c1-20-27-24(14-11-15-26(27)37(36-20)30(39)42-32(5,6)7)25-17-23(18-34-28(25)33)40-19-22(16-21-12-9-8-10-13-21)35-29(38)41-31(2,3)4/h8-15,17-18,22H,16,19H2,1-7H3,(H,35,38)/t22-/m0/s1. The Kier molecular flexibility index (Phi) is 9.11. The summed E-state index contributed by atoms with van der Waals surface area (Å²) in [5.41, 5.74) is 2.33. The topological polar surface area (TPSA) is 105 Å². The molecule has 0 saturated carbocycles. The molecule has 1 atom stereocenters. The molecule has 4 aromatic rings. The summed E-state index contributed by atoms with van der Waals surface area (Å²) in [6.45, 7) is 12.8. The molecule has 0 saturated heterocycles. The van der Waals surface area contributed by atoms with Gasteiger partial charge in [-0.05, 0) is 78.1 Å². The maximum absolute atomic E-state index is 12.9. The van der Waals surface area contributed by atoms with Crippen LogP contribution in [0, 0.1) is 6.92 Å². The molecule has 222 valence electrons. The van der Waals surface area contributed by atoms with Crippen LogP contribution in [-0.4, -0.2) is 50.8 Å². The van der Waals surface area contributed by atoms with Crippen LogP contribution in [0.3, 0.4) is 0 Å². The summed E-state index contributed by atoms with van der Waals surface area (Å²) in [7, 11) is 0. The lowest BCUT2D eigenvalue weighted by Crippen LogP contribution is -2.43. The second-order valence-corrected chi connectivity index (χ2v) is 12.4. The van der Waals surface area contributed by atoms with Gasteiger partial charge in [-0.15, -0.1) is 0 Å². The molecule has 2 aromatic heterocycles. The van der Waals surface area contributed by atoms with Gasteiger partial charge in [0.05, 0.1) is 23.4 Å². The maximum Gasteiger partial charge on any atom is 0.435 e. The van der Waals surface area contributed by atoms with Gasteiger partial charge in [0.15, 0.2) is 0 Å². The molecule has 0 aliphatic rings. The number of amides is 1. The van der Waals surface area contributed by atoms with Crippen molar-refractivity contribution in [3.63, 3.8) is 0 Å². The SMILES string of the molecule is Cc1nn(C(=O)OC(C)(C)C)c2cccc(-c3cc(OC[C@H](Cc4ccccc4)NC(=O)OC(C)(C)C)cnc3Cl)c12. The van der Waals surface area contributed by atoms with Gasteiger partial charge in [-0.3, -0.25) is 0 Å². The molecular weight excluding hydrogens is 556 g/mol. The van der Waals surface area contributed by atoms with Crippen LogP contribution in [0.5, 0.6) is 5.75 Å². The van der Waals surface area contributed by atoms with E-state index in [2.05, 4.69) is 15.4 Å². The average molecular weight is 593 g/mol. The third kappa shape index (κ3) is 8.00. The fourth-order valence-electron chi connectivity index (χ4n) is 4.44. The van der Waals surface area contributed by atoms with E-state index in [1.807, 2.05) is 70.2 Å². The summed E-state index contributed by atoms with van der Waals surface area (Å²) in [6.07, 6.45) is 0.985. The summed E-state index contributed by atoms with van der Waals surface area (Å²) in [6, 6.07) is 16.8. The second kappa shape index (κ2) is 12.4. The Balaban J connectivity index is 1.61. The fourth-order valence-corrected chi connectivity index (χ4v) is 4.64. The number of alkyl carbamates (subject to hydrolysis) is 1. The number of carbonyl (C=O) groups excluding carboxylic acids is 2. The van der Waals surface area contributed by atoms with Gasteiger partial charge in [0.1, 0.15) is 28.7 Å². The first-order chi connectivity index (χ1) is 19.7. The highest BCUT2D eigenvalue weighted by molar-refractivity contribution is 6.32. The van der Waals surface area contributed by atoms with Crippen LogP contribution >= 0.6 is 11.6 Å². The third-order valence-electron chi connectivity index (χ3n) is 6.05. The number of aryl methyl sites for hydroxylation is 1. The number of fused-ring (bicyclic) bond motifs is 1. The Morgan fingerprint density at radius 1 is 0.952 bits per heavy atom. The first-order valence-corrected chi connectivity index (χ1v) is 14.1. The number of hydrogen-bond donors (Lipinski definition) is 1. The van der Waals surface area contributed by atoms with Crippen molar-refractivity contribution in [2.75, 3.05) is 6.61 Å². The van der Waals surface area contributed by atoms with E-state index in [1.165, 1.54) is 10.9 Å². The summed E-state index contributed by atoms with van der Waals surface area (Å²) >= 11 is 6.58. The summed E-state index contributed by atoms with van der Waals surface area (Å²) in [5.74, 6) is 0.465. The van der Waals surface area contributed by atoms with Crippen molar-refractivity contribution in [1.82, 2.24) is 20.1 Å². The van der Waals surface area contributed by atoms with E-state index in [4.69, 9.17) is 25.8 Å². The minimum absolute atomic E-state index is 0.163. The number of carbonyl (C=O) groups is 2. The van der Waals surface area contributed by atoms with Gasteiger partial charge in [0.2, 0.25) is 0 Å². The lowest BCUT2D eigenvalue weighted by molar-refractivity contribution is 0.0484. The van der Waals surface area contributed by atoms with E-state index in [1.54, 1.807) is 32.9 Å². The maximum atomic E-state index is 12.9. The molecule has 0 aliphatic heterocycles. The smallest absolute Gasteiger partial charge is 0.435 e. The van der Waals surface area contributed by atoms with Gasteiger partial charge >= 0.3 is 12.2 Å². The lowest BCUT2D eigenvalue weighted by atomic mass is 10.0. The molecule has 2 aromatic carbocycles. The molecule has 9 nitrogen and oxygen atoms in total. The zero-order valence-corrected chi connectivity index (χ0v) is 25.8. The number of hydrogen-bond acceptors (Lipinski definition) is 7. The van der Waals surface area contributed by atoms with Crippen molar-refractivity contribution in [1.29, 1.82) is 0 Å². The molecule has 10 heteroatoms. The first kappa shape index (κ1) is 30.8. The molecule has 2 heterocycles. The molecule has 0 fully saturated rings. The zero-order valence-electron chi connectivity index (χ0n) is 25.0. The van der Waals surface area contributed by atoms with Crippen LogP contribution in [0.1, 0.15) is 52.8 Å². The molecule has 0 radical (unpaired) electrons. The Morgan fingerprint density at radius 3 is 2.31 bits per heavy atom. The van der Waals surface area contributed by atoms with Gasteiger partial charge in [0.25, 0.3) is 0 Å². The van der Waals surface area contributed by atoms with Gasteiger partial charge < -0.3 is 19.5 Å². The summed E-state index contributed by atoms with van der Waals surface area (Å²) < 4.78 is 18.4. The van der Waals surface area contributed by atoms with Gasteiger partial charge in [-0.25, -0.2) is 14.6 Å². The van der Waals surface area contributed by atoms with Crippen LogP contribution in [-0.2, 0) is 15.9 Å². The Bertz CT molecular complexity index is 1570. The second-order valence-electron chi connectivity index (χ2n) is 12.0. The molecule has 0 aliphatic carbocycles. The molecular formula is C32H37ClN4O5. The van der Waals surface area contributed by atoms with Crippen LogP contribution < -0.4 is 10.1 Å². The Labute approximate surface area is 251 Å². The van der Waals surface area contributed by atoms with E-state index in [0.29, 0.717) is 28.9 Å². The minimum atomic E-state index is -0.670. The highest BCUT2D eigenvalue weighted by Crippen LogP contribution is 2.36. The number of rotatable bonds is 7. The van der Waals surface area contributed by atoms with E-state index in [-0.39, 0.29) is 17.8 Å². The van der Waals surface area contributed by atoms with Gasteiger partial charge in [0, 0.05) is 10.9 Å². The summed E-state index contributed by atoms with van der Waals surface area (Å²) in [5, 5.41) is 8.40. The number of pyridine rings is 1. The van der Waals surface area contributed by atoms with Crippen molar-refractivity contribution in [2.24, 2.45) is 0 Å². The number of benzene rings is 2. The van der Waals surface area contributed by atoms with E-state index in [0.717, 1.165) is 16.5 Å². The first-order valence-electron chi connectivity index (χ1n) is 13.7. The number of nitrogens with one attached hydrogen (secondary N) is 1. The predicted molar refractivity (Wildman–Crippen MR) is 163 cm³/mol. The van der Waals surface area contributed by atoms with E-state index in [9.17, 15) is 9.59 Å². The largest absolute Gasteiger partial charge is 0.490 e. The van der Waals surface area contributed by atoms with Crippen molar-refractivity contribution in [3.8, 4) is 16.9 Å². The molecule has 0 spiro atoms. The van der Waals surface area contributed by atoms with Gasteiger partial charge in [-0.1, -0.05) is 54.1 Å². The van der Waals surface area contributed by atoms with E-state index >= 15 is 0 Å². The van der Waals surface area contributed by atoms with E-state index < -0.39 is 23.4 Å². The predicted octanol–water partition coefficient (Wildman–Crippen LogP) is 7.36. The number of halogens is 1. The van der Waals surface area contributed by atoms with Crippen LogP contribution in [0.2, 0.25) is 5.15 Å². The monoisotopic (exact) mass is 592 g/mol. The number of aromatic nitrogens is 3. The molecule has 4 rings (SSSR count). The lowest BCUT2D eigenvalue weighted by Gasteiger charge is -2.24. The molecule has 0 bridgehead atoms. The highest BCUT2D eigenvalue weighted by Gasteiger charge is 2.24. The summed E-state index contributed by atoms with van der Waals surface area (Å²) in [4.78, 5) is 29.8. The third-order valence-corrected chi connectivity index (χ3v) is 6.35. The molecule has 1 N–H and O–H groups in total. The molecule has 0 unspecified atom stereocenters. The Hall–Kier alpha value is -4.11. The highest BCUT2D eigenvalue weighted by atomic mass is 35.5. The minimum Gasteiger partial charge on any atom is -0.490 e. The fraction of sp³-hybridized carbons (Fsp3) is 0.375. The van der Waals surface area contributed by atoms with Crippen LogP contribution in [0.4, 0.5) is 9.59 Å². The average Bonchev–Trinajstić information content (AvgIpc) is 3.23. The Morgan fingerprint density at radius 2 is 1.64 bits per heavy atom. The number of ether oxygens (including phenoxy) is 3. The van der Waals surface area contributed by atoms with Gasteiger partial charge in [-0.2, -0.15) is 9.78 Å². The van der Waals surface area contributed by atoms with Crippen molar-refractivity contribution >= 4 is 34.7 Å². The van der Waals surface area contributed by atoms with Crippen LogP contribution in [0.15, 0.2) is 60.8 Å². The quantitative estimate of drug-likeness (QED) is 0.224. The van der Waals surface area contributed by atoms with Crippen molar-refractivity contribution < 1.29 is 23.8 Å². The van der Waals surface area contributed by atoms with Crippen molar-refractivity contribution in [2.45, 2.75) is 72.1 Å².